The molecule has 0 aliphatic rings. The Morgan fingerprint density at radius 3 is 2.19 bits per heavy atom. The fourth-order valence-electron chi connectivity index (χ4n) is 2.39. The van der Waals surface area contributed by atoms with Crippen LogP contribution in [0.2, 0.25) is 0 Å². The number of carbonyl (C=O) groups excluding carboxylic acids is 1. The zero-order chi connectivity index (χ0) is 19.4. The van der Waals surface area contributed by atoms with Crippen LogP contribution in [0, 0.1) is 0 Å². The Balaban J connectivity index is 1.66. The highest BCUT2D eigenvalue weighted by atomic mass is 79.9. The molecule has 3 rings (SSSR count). The minimum absolute atomic E-state index is 0.0666. The first-order valence-corrected chi connectivity index (χ1v) is 10.7. The number of hydrogen-bond donors (Lipinski definition) is 1. The number of sulfone groups is 1. The van der Waals surface area contributed by atoms with E-state index in [1.807, 2.05) is 24.3 Å². The van der Waals surface area contributed by atoms with Gasteiger partial charge in [-0.05, 0) is 42.0 Å². The van der Waals surface area contributed by atoms with E-state index in [2.05, 4.69) is 31.4 Å². The lowest BCUT2D eigenvalue weighted by Gasteiger charge is -2.07. The SMILES string of the molecule is CS(=O)(=O)c1ccc(-c2ccc(NC(=O)Cc3ccc(Br)cc3)cc2)nn1. The van der Waals surface area contributed by atoms with Crippen LogP contribution >= 0.6 is 15.9 Å². The molecule has 2 aromatic carbocycles. The van der Waals surface area contributed by atoms with E-state index in [1.54, 1.807) is 30.3 Å². The molecule has 0 spiro atoms. The number of nitrogens with zero attached hydrogens (tertiary/aromatic N) is 2. The first-order valence-electron chi connectivity index (χ1n) is 8.00. The van der Waals surface area contributed by atoms with Crippen LogP contribution in [-0.2, 0) is 21.1 Å². The van der Waals surface area contributed by atoms with E-state index in [0.717, 1.165) is 21.9 Å². The maximum Gasteiger partial charge on any atom is 0.228 e. The number of anilines is 1. The molecule has 0 saturated heterocycles. The van der Waals surface area contributed by atoms with Gasteiger partial charge in [-0.1, -0.05) is 40.2 Å². The Morgan fingerprint density at radius 2 is 1.63 bits per heavy atom. The van der Waals surface area contributed by atoms with E-state index in [4.69, 9.17) is 0 Å². The fourth-order valence-corrected chi connectivity index (χ4v) is 3.16. The van der Waals surface area contributed by atoms with Crippen LogP contribution in [0.3, 0.4) is 0 Å². The van der Waals surface area contributed by atoms with E-state index in [-0.39, 0.29) is 17.4 Å². The van der Waals surface area contributed by atoms with E-state index < -0.39 is 9.84 Å². The highest BCUT2D eigenvalue weighted by Crippen LogP contribution is 2.20. The normalized spacial score (nSPS) is 11.2. The minimum atomic E-state index is -3.37. The minimum Gasteiger partial charge on any atom is -0.326 e. The summed E-state index contributed by atoms with van der Waals surface area (Å²) in [5.74, 6) is -0.109. The molecule has 0 unspecified atom stereocenters. The van der Waals surface area contributed by atoms with Gasteiger partial charge in [-0.15, -0.1) is 10.2 Å². The Bertz CT molecular complexity index is 1050. The average Bonchev–Trinajstić information content (AvgIpc) is 2.64. The van der Waals surface area contributed by atoms with Crippen LogP contribution in [0.1, 0.15) is 5.56 Å². The Kier molecular flexibility index (Phi) is 5.67. The van der Waals surface area contributed by atoms with Crippen molar-refractivity contribution >= 4 is 37.4 Å². The molecular weight excluding hydrogens is 430 g/mol. The van der Waals surface area contributed by atoms with Crippen molar-refractivity contribution in [3.05, 3.63) is 70.7 Å². The second-order valence-electron chi connectivity index (χ2n) is 5.96. The molecule has 8 heteroatoms. The largest absolute Gasteiger partial charge is 0.326 e. The monoisotopic (exact) mass is 445 g/mol. The zero-order valence-corrected chi connectivity index (χ0v) is 16.8. The second-order valence-corrected chi connectivity index (χ2v) is 8.84. The summed E-state index contributed by atoms with van der Waals surface area (Å²) in [6, 6.07) is 17.7. The lowest BCUT2D eigenvalue weighted by molar-refractivity contribution is -0.115. The number of rotatable bonds is 5. The van der Waals surface area contributed by atoms with Gasteiger partial charge >= 0.3 is 0 Å². The number of carbonyl (C=O) groups is 1. The summed E-state index contributed by atoms with van der Waals surface area (Å²) in [5, 5.41) is 10.5. The van der Waals surface area contributed by atoms with E-state index >= 15 is 0 Å². The van der Waals surface area contributed by atoms with Gasteiger partial charge in [0.2, 0.25) is 5.91 Å². The van der Waals surface area contributed by atoms with Gasteiger partial charge in [0.15, 0.2) is 14.9 Å². The van der Waals surface area contributed by atoms with Gasteiger partial charge in [0.05, 0.1) is 12.1 Å². The summed E-state index contributed by atoms with van der Waals surface area (Å²) in [5.41, 5.74) is 2.92. The molecule has 1 N–H and O–H groups in total. The number of halogens is 1. The van der Waals surface area contributed by atoms with Gasteiger partial charge < -0.3 is 5.32 Å². The third-order valence-corrected chi connectivity index (χ3v) is 5.27. The van der Waals surface area contributed by atoms with Crippen molar-refractivity contribution in [2.45, 2.75) is 11.4 Å². The van der Waals surface area contributed by atoms with E-state index in [9.17, 15) is 13.2 Å². The molecule has 6 nitrogen and oxygen atoms in total. The Hall–Kier alpha value is -2.58. The summed E-state index contributed by atoms with van der Waals surface area (Å²) in [6.07, 6.45) is 1.37. The molecule has 0 fully saturated rings. The van der Waals surface area contributed by atoms with Crippen LogP contribution in [0.4, 0.5) is 5.69 Å². The topological polar surface area (TPSA) is 89.0 Å². The van der Waals surface area contributed by atoms with Crippen LogP contribution in [0.5, 0.6) is 0 Å². The van der Waals surface area contributed by atoms with Crippen LogP contribution < -0.4 is 5.32 Å². The lowest BCUT2D eigenvalue weighted by atomic mass is 10.1. The van der Waals surface area contributed by atoms with Crippen molar-refractivity contribution in [1.29, 1.82) is 0 Å². The Labute approximate surface area is 165 Å². The lowest BCUT2D eigenvalue weighted by Crippen LogP contribution is -2.14. The third-order valence-electron chi connectivity index (χ3n) is 3.76. The molecule has 3 aromatic rings. The van der Waals surface area contributed by atoms with Gasteiger partial charge in [-0.25, -0.2) is 8.42 Å². The molecule has 1 aromatic heterocycles. The number of aromatic nitrogens is 2. The zero-order valence-electron chi connectivity index (χ0n) is 14.4. The Morgan fingerprint density at radius 1 is 0.963 bits per heavy atom. The van der Waals surface area contributed by atoms with Gasteiger partial charge in [-0.3, -0.25) is 4.79 Å². The average molecular weight is 446 g/mol. The smallest absolute Gasteiger partial charge is 0.228 e. The first kappa shape index (κ1) is 19.2. The van der Waals surface area contributed by atoms with Crippen LogP contribution in [-0.4, -0.2) is 30.8 Å². The predicted molar refractivity (Wildman–Crippen MR) is 107 cm³/mol. The second kappa shape index (κ2) is 7.98. The molecule has 27 heavy (non-hydrogen) atoms. The molecule has 0 aliphatic carbocycles. The molecule has 0 saturated carbocycles. The standard InChI is InChI=1S/C19H16BrN3O3S/c1-27(25,26)19-11-10-17(22-23-19)14-4-8-16(9-5-14)21-18(24)12-13-2-6-15(20)7-3-13/h2-11H,12H2,1H3,(H,21,24). The van der Waals surface area contributed by atoms with Crippen molar-refractivity contribution in [3.8, 4) is 11.3 Å². The highest BCUT2D eigenvalue weighted by molar-refractivity contribution is 9.10. The van der Waals surface area contributed by atoms with Crippen LogP contribution in [0.25, 0.3) is 11.3 Å². The highest BCUT2D eigenvalue weighted by Gasteiger charge is 2.10. The summed E-state index contributed by atoms with van der Waals surface area (Å²) < 4.78 is 23.8. The molecule has 138 valence electrons. The summed E-state index contributed by atoms with van der Waals surface area (Å²) in [4.78, 5) is 12.2. The number of benzene rings is 2. The molecular formula is C19H16BrN3O3S. The summed E-state index contributed by atoms with van der Waals surface area (Å²) in [7, 11) is -3.37. The summed E-state index contributed by atoms with van der Waals surface area (Å²) in [6.45, 7) is 0. The maximum atomic E-state index is 12.2. The van der Waals surface area contributed by atoms with Gasteiger partial charge in [-0.2, -0.15) is 0 Å². The molecule has 0 radical (unpaired) electrons. The molecule has 1 heterocycles. The van der Waals surface area contributed by atoms with Gasteiger partial charge in [0.1, 0.15) is 0 Å². The van der Waals surface area contributed by atoms with Crippen molar-refractivity contribution in [3.63, 3.8) is 0 Å². The quantitative estimate of drug-likeness (QED) is 0.648. The van der Waals surface area contributed by atoms with Gasteiger partial charge in [0.25, 0.3) is 0 Å². The number of amides is 1. The van der Waals surface area contributed by atoms with Crippen molar-refractivity contribution in [2.75, 3.05) is 11.6 Å². The fraction of sp³-hybridized carbons (Fsp3) is 0.105. The van der Waals surface area contributed by atoms with Gasteiger partial charge in [0, 0.05) is 22.0 Å². The molecule has 0 atom stereocenters. The van der Waals surface area contributed by atoms with Crippen LogP contribution in [0.15, 0.2) is 70.2 Å². The van der Waals surface area contributed by atoms with Crippen molar-refractivity contribution < 1.29 is 13.2 Å². The molecule has 0 aliphatic heterocycles. The maximum absolute atomic E-state index is 12.2. The van der Waals surface area contributed by atoms with E-state index in [0.29, 0.717) is 11.4 Å². The number of hydrogen-bond acceptors (Lipinski definition) is 5. The van der Waals surface area contributed by atoms with Crippen molar-refractivity contribution in [2.24, 2.45) is 0 Å². The number of nitrogens with one attached hydrogen (secondary N) is 1. The van der Waals surface area contributed by atoms with Crippen molar-refractivity contribution in [1.82, 2.24) is 10.2 Å². The summed E-state index contributed by atoms with van der Waals surface area (Å²) >= 11 is 3.37. The molecule has 1 amide bonds. The molecule has 0 bridgehead atoms. The predicted octanol–water partition coefficient (Wildman–Crippen LogP) is 3.49. The van der Waals surface area contributed by atoms with E-state index in [1.165, 1.54) is 6.07 Å². The third kappa shape index (κ3) is 5.21. The first-order chi connectivity index (χ1) is 12.8.